The lowest BCUT2D eigenvalue weighted by atomic mass is 9.97. The van der Waals surface area contributed by atoms with E-state index in [0.29, 0.717) is 23.5 Å². The Hall–Kier alpha value is -1.95. The van der Waals surface area contributed by atoms with Gasteiger partial charge < -0.3 is 4.74 Å². The first kappa shape index (κ1) is 14.0. The Bertz CT molecular complexity index is 757. The second-order valence-electron chi connectivity index (χ2n) is 5.51. The summed E-state index contributed by atoms with van der Waals surface area (Å²) in [5.74, 6) is 0.523. The van der Waals surface area contributed by atoms with E-state index in [1.807, 2.05) is 0 Å². The van der Waals surface area contributed by atoms with E-state index in [0.717, 1.165) is 32.5 Å². The largest absolute Gasteiger partial charge is 0.381 e. The van der Waals surface area contributed by atoms with Gasteiger partial charge in [0.25, 0.3) is 5.56 Å². The second-order valence-corrected chi connectivity index (χ2v) is 5.51. The quantitative estimate of drug-likeness (QED) is 0.842. The molecule has 0 amide bonds. The second kappa shape index (κ2) is 5.81. The van der Waals surface area contributed by atoms with Crippen LogP contribution in [0.4, 0.5) is 0 Å². The summed E-state index contributed by atoms with van der Waals surface area (Å²) in [6.07, 6.45) is 4.41. The van der Waals surface area contributed by atoms with Crippen molar-refractivity contribution in [3.8, 4) is 0 Å². The molecule has 0 bridgehead atoms. The number of nitrogens with zero attached hydrogens (tertiary/aromatic N) is 3. The van der Waals surface area contributed by atoms with Gasteiger partial charge in [0, 0.05) is 33.0 Å². The van der Waals surface area contributed by atoms with Crippen molar-refractivity contribution in [2.45, 2.75) is 25.8 Å². The summed E-state index contributed by atoms with van der Waals surface area (Å²) in [5.41, 5.74) is 0.370. The van der Waals surface area contributed by atoms with Crippen LogP contribution in [0.25, 0.3) is 11.0 Å². The van der Waals surface area contributed by atoms with E-state index >= 15 is 0 Å². The van der Waals surface area contributed by atoms with Gasteiger partial charge in [0.15, 0.2) is 5.52 Å². The zero-order chi connectivity index (χ0) is 14.8. The minimum absolute atomic E-state index is 0.271. The number of pyridine rings is 1. The third-order valence-corrected chi connectivity index (χ3v) is 4.22. The van der Waals surface area contributed by atoms with Gasteiger partial charge in [-0.3, -0.25) is 13.9 Å². The molecule has 1 fully saturated rings. The summed E-state index contributed by atoms with van der Waals surface area (Å²) in [6.45, 7) is 2.00. The predicted molar refractivity (Wildman–Crippen MR) is 79.4 cm³/mol. The van der Waals surface area contributed by atoms with Gasteiger partial charge >= 0.3 is 5.69 Å². The van der Waals surface area contributed by atoms with E-state index in [4.69, 9.17) is 4.74 Å². The van der Waals surface area contributed by atoms with Crippen LogP contribution in [0.1, 0.15) is 19.3 Å². The number of ether oxygens (including phenoxy) is 1. The smallest absolute Gasteiger partial charge is 0.331 e. The van der Waals surface area contributed by atoms with Crippen molar-refractivity contribution in [1.82, 2.24) is 14.1 Å². The molecular formula is C15H19N3O3. The average Bonchev–Trinajstić information content (AvgIpc) is 2.54. The van der Waals surface area contributed by atoms with Crippen molar-refractivity contribution >= 4 is 11.0 Å². The predicted octanol–water partition coefficient (Wildman–Crippen LogP) is 0.912. The van der Waals surface area contributed by atoms with Crippen molar-refractivity contribution in [3.63, 3.8) is 0 Å². The van der Waals surface area contributed by atoms with Crippen LogP contribution in [0, 0.1) is 5.92 Å². The van der Waals surface area contributed by atoms with Gasteiger partial charge in [0.05, 0.1) is 5.52 Å². The Kier molecular flexibility index (Phi) is 3.88. The average molecular weight is 289 g/mol. The molecule has 2 aromatic rings. The van der Waals surface area contributed by atoms with Gasteiger partial charge in [-0.2, -0.15) is 0 Å². The summed E-state index contributed by atoms with van der Waals surface area (Å²) in [7, 11) is 1.68. The van der Waals surface area contributed by atoms with Crippen LogP contribution in [0.2, 0.25) is 0 Å². The number of hydrogen-bond donors (Lipinski definition) is 0. The third-order valence-electron chi connectivity index (χ3n) is 4.22. The van der Waals surface area contributed by atoms with Crippen LogP contribution in [0.3, 0.4) is 0 Å². The molecule has 1 saturated heterocycles. The van der Waals surface area contributed by atoms with Crippen LogP contribution in [-0.2, 0) is 18.3 Å². The first-order valence-corrected chi connectivity index (χ1v) is 7.31. The van der Waals surface area contributed by atoms with Crippen molar-refractivity contribution in [2.75, 3.05) is 13.2 Å². The molecule has 0 unspecified atom stereocenters. The van der Waals surface area contributed by atoms with E-state index in [-0.39, 0.29) is 11.2 Å². The topological polar surface area (TPSA) is 66.1 Å². The standard InChI is InChI=1S/C15H19N3O3/c1-17-12-3-2-7-16-13(12)14(19)18(15(17)20)8-4-11-5-9-21-10-6-11/h2-3,7,11H,4-6,8-10H2,1H3. The molecule has 112 valence electrons. The molecule has 0 N–H and O–H groups in total. The molecule has 6 heteroatoms. The van der Waals surface area contributed by atoms with Crippen molar-refractivity contribution < 1.29 is 4.74 Å². The lowest BCUT2D eigenvalue weighted by molar-refractivity contribution is 0.0624. The van der Waals surface area contributed by atoms with Crippen molar-refractivity contribution in [3.05, 3.63) is 39.2 Å². The van der Waals surface area contributed by atoms with Gasteiger partial charge in [0.1, 0.15) is 0 Å². The minimum Gasteiger partial charge on any atom is -0.381 e. The normalized spacial score (nSPS) is 16.4. The van der Waals surface area contributed by atoms with E-state index in [9.17, 15) is 9.59 Å². The SMILES string of the molecule is Cn1c(=O)n(CCC2CCOCC2)c(=O)c2ncccc21. The van der Waals surface area contributed by atoms with Gasteiger partial charge in [-0.25, -0.2) is 9.78 Å². The van der Waals surface area contributed by atoms with E-state index < -0.39 is 0 Å². The summed E-state index contributed by atoms with van der Waals surface area (Å²) in [6, 6.07) is 3.47. The number of aromatic nitrogens is 3. The van der Waals surface area contributed by atoms with E-state index in [2.05, 4.69) is 4.98 Å². The van der Waals surface area contributed by atoms with Crippen molar-refractivity contribution in [2.24, 2.45) is 13.0 Å². The molecule has 0 saturated carbocycles. The Morgan fingerprint density at radius 1 is 1.33 bits per heavy atom. The van der Waals surface area contributed by atoms with E-state index in [1.165, 1.54) is 9.13 Å². The molecular weight excluding hydrogens is 270 g/mol. The first-order chi connectivity index (χ1) is 10.2. The molecule has 3 rings (SSSR count). The van der Waals surface area contributed by atoms with Crippen LogP contribution in [0.5, 0.6) is 0 Å². The molecule has 0 radical (unpaired) electrons. The maximum absolute atomic E-state index is 12.4. The fraction of sp³-hybridized carbons (Fsp3) is 0.533. The fourth-order valence-electron chi connectivity index (χ4n) is 2.88. The van der Waals surface area contributed by atoms with Gasteiger partial charge in [-0.05, 0) is 37.3 Å². The number of hydrogen-bond acceptors (Lipinski definition) is 4. The molecule has 21 heavy (non-hydrogen) atoms. The first-order valence-electron chi connectivity index (χ1n) is 7.31. The highest BCUT2D eigenvalue weighted by molar-refractivity contribution is 5.72. The van der Waals surface area contributed by atoms with Crippen LogP contribution >= 0.6 is 0 Å². The fourth-order valence-corrected chi connectivity index (χ4v) is 2.88. The molecule has 0 aliphatic carbocycles. The molecule has 1 aliphatic heterocycles. The Morgan fingerprint density at radius 2 is 2.10 bits per heavy atom. The molecule has 0 spiro atoms. The van der Waals surface area contributed by atoms with Crippen LogP contribution in [0.15, 0.2) is 27.9 Å². The molecule has 3 heterocycles. The zero-order valence-electron chi connectivity index (χ0n) is 12.1. The lowest BCUT2D eigenvalue weighted by Gasteiger charge is -2.22. The van der Waals surface area contributed by atoms with E-state index in [1.54, 1.807) is 25.4 Å². The number of fused-ring (bicyclic) bond motifs is 1. The number of aryl methyl sites for hydroxylation is 1. The summed E-state index contributed by atoms with van der Waals surface area (Å²) >= 11 is 0. The number of rotatable bonds is 3. The summed E-state index contributed by atoms with van der Waals surface area (Å²) < 4.78 is 8.14. The Balaban J connectivity index is 1.94. The van der Waals surface area contributed by atoms with Gasteiger partial charge in [-0.1, -0.05) is 0 Å². The third kappa shape index (κ3) is 2.63. The van der Waals surface area contributed by atoms with Crippen molar-refractivity contribution in [1.29, 1.82) is 0 Å². The Morgan fingerprint density at radius 3 is 2.86 bits per heavy atom. The Labute approximate surface area is 122 Å². The monoisotopic (exact) mass is 289 g/mol. The van der Waals surface area contributed by atoms with Crippen LogP contribution in [-0.4, -0.2) is 27.3 Å². The van der Waals surface area contributed by atoms with Gasteiger partial charge in [0.2, 0.25) is 0 Å². The minimum atomic E-state index is -0.291. The summed E-state index contributed by atoms with van der Waals surface area (Å²) in [4.78, 5) is 28.9. The highest BCUT2D eigenvalue weighted by Gasteiger charge is 2.16. The molecule has 0 aromatic carbocycles. The highest BCUT2D eigenvalue weighted by atomic mass is 16.5. The molecule has 2 aromatic heterocycles. The lowest BCUT2D eigenvalue weighted by Crippen LogP contribution is -2.40. The molecule has 1 aliphatic rings. The van der Waals surface area contributed by atoms with Gasteiger partial charge in [-0.15, -0.1) is 0 Å². The maximum Gasteiger partial charge on any atom is 0.331 e. The molecule has 6 nitrogen and oxygen atoms in total. The maximum atomic E-state index is 12.4. The zero-order valence-corrected chi connectivity index (χ0v) is 12.1. The van der Waals surface area contributed by atoms with Crippen LogP contribution < -0.4 is 11.2 Å². The summed E-state index contributed by atoms with van der Waals surface area (Å²) in [5, 5.41) is 0. The highest BCUT2D eigenvalue weighted by Crippen LogP contribution is 2.18. The molecule has 0 atom stereocenters.